The van der Waals surface area contributed by atoms with E-state index in [4.69, 9.17) is 28.4 Å². The molecule has 0 atom stereocenters. The normalized spacial score (nSPS) is 9.98. The Bertz CT molecular complexity index is 3950. The number of carbonyl (C=O) groups is 8. The third kappa shape index (κ3) is 65.1. The number of amides is 8. The first kappa shape index (κ1) is 112. The zero-order valence-electron chi connectivity index (χ0n) is 78.1. The molecule has 0 unspecified atom stereocenters. The maximum Gasteiger partial charge on any atom is 0.257 e. The molecule has 8 rings (SSSR count). The standard InChI is InChI=1S/C14H21NO3.C14H21NO2.C14H21NO.2C13H19NO2.C13H19NO.C12H17NO.C10H13NO2/c1-12-3-5-13(6-4-12)11-18-10-9-17-8-7-14(16)15-2;1-12-7-9-13(10-8-12)17-11-5-3-4-6-14(16)15-2;1-12-8-10-13(11-9-12)6-4-3-5-7-14(16)15-2;1-11-5-7-12(8-6-11)4-3-9-16-10-13(15)14-2;1-11-6-8-12(9-7-11)16-10-4-3-5-13(15)14-2;1-11-7-9-12(10-8-11)5-3-4-6-13(15)14-2;1-10-6-8-11(9-7-10)4-3-5-12(14)13-2;1-8-3-5-9(6-4-8)13-7-10(12)11-2/h3-6H,7-11H2,1-2H3,(H,15,16);7-10H,3-6,11H2,1-2H3,(H,15,16);8-11H,3-7H2,1-2H3,(H,15,16);5-8H,3-4,9-10H2,1-2H3,(H,14,15);6-9H,3-5,10H2,1-2H3,(H,14,15);7-10H,3-6H2,1-2H3,(H,14,15);6-9H,3-5H2,1-2H3,(H,13,14);3-6H,7H2,1-2H3,(H,11,12). The number of hydrogen-bond acceptors (Lipinski definition) is 14. The number of ether oxygens (including phenoxy) is 6. The van der Waals surface area contributed by atoms with E-state index < -0.39 is 0 Å². The molecule has 0 bridgehead atoms. The Morgan fingerprint density at radius 1 is 0.200 bits per heavy atom. The third-order valence-corrected chi connectivity index (χ3v) is 19.1. The molecular weight excluding hydrogens is 1570 g/mol. The average Bonchev–Trinajstić information content (AvgIpc) is 0.977. The predicted molar refractivity (Wildman–Crippen MR) is 508 cm³/mol. The summed E-state index contributed by atoms with van der Waals surface area (Å²) in [5, 5.41) is 20.7. The SMILES string of the molecule is CNC(=O)CCCCCOc1ccc(C)cc1.CNC(=O)CCCCCc1ccc(C)cc1.CNC(=O)CCCCOc1ccc(C)cc1.CNC(=O)CCCCc1ccc(C)cc1.CNC(=O)CCCc1ccc(C)cc1.CNC(=O)CCOCCOCc1ccc(C)cc1.CNC(=O)COCCCc1ccc(C)cc1.CNC(=O)COc1ccc(C)cc1. The van der Waals surface area contributed by atoms with Crippen molar-refractivity contribution in [2.75, 3.05) is 109 Å². The zero-order chi connectivity index (χ0) is 92.3. The average molecular weight is 1720 g/mol. The number of carbonyl (C=O) groups excluding carboxylic acids is 8. The van der Waals surface area contributed by atoms with Gasteiger partial charge in [-0.2, -0.15) is 0 Å². The Balaban J connectivity index is 0.000000715. The van der Waals surface area contributed by atoms with E-state index in [1.54, 1.807) is 56.4 Å². The summed E-state index contributed by atoms with van der Waals surface area (Å²) >= 11 is 0. The quantitative estimate of drug-likeness (QED) is 0.0165. The monoisotopic (exact) mass is 1720 g/mol. The van der Waals surface area contributed by atoms with Crippen LogP contribution in [0.4, 0.5) is 0 Å². The Hall–Kier alpha value is -11.2. The van der Waals surface area contributed by atoms with Crippen molar-refractivity contribution in [3.05, 3.63) is 266 Å². The summed E-state index contributed by atoms with van der Waals surface area (Å²) in [6.45, 7) is 20.9. The van der Waals surface area contributed by atoms with Crippen molar-refractivity contribution in [1.29, 1.82) is 0 Å². The summed E-state index contributed by atoms with van der Waals surface area (Å²) in [6.07, 6.45) is 19.6. The Morgan fingerprint density at radius 3 is 0.800 bits per heavy atom. The highest BCUT2D eigenvalue weighted by Gasteiger charge is 2.07. The fourth-order valence-corrected chi connectivity index (χ4v) is 11.0. The molecule has 8 amide bonds. The van der Waals surface area contributed by atoms with Gasteiger partial charge >= 0.3 is 0 Å². The molecule has 0 fully saturated rings. The van der Waals surface area contributed by atoms with Gasteiger partial charge in [0.2, 0.25) is 41.4 Å². The molecular formula is C103H150N8O14. The molecule has 22 nitrogen and oxygen atoms in total. The van der Waals surface area contributed by atoms with Crippen LogP contribution < -0.4 is 56.7 Å². The molecule has 8 N–H and O–H groups in total. The van der Waals surface area contributed by atoms with Gasteiger partial charge in [-0.1, -0.05) is 209 Å². The van der Waals surface area contributed by atoms with Gasteiger partial charge in [0.1, 0.15) is 23.9 Å². The van der Waals surface area contributed by atoms with Gasteiger partial charge in [0, 0.05) is 102 Å². The van der Waals surface area contributed by atoms with Gasteiger partial charge in [-0.3, -0.25) is 38.4 Å². The van der Waals surface area contributed by atoms with Crippen molar-refractivity contribution in [3.8, 4) is 17.2 Å². The number of benzene rings is 8. The minimum absolute atomic E-state index is 0.00410. The lowest BCUT2D eigenvalue weighted by atomic mass is 10.0. The van der Waals surface area contributed by atoms with Crippen LogP contribution in [0, 0.1) is 55.4 Å². The van der Waals surface area contributed by atoms with Gasteiger partial charge < -0.3 is 71.0 Å². The van der Waals surface area contributed by atoms with E-state index >= 15 is 0 Å². The van der Waals surface area contributed by atoms with Crippen molar-refractivity contribution < 1.29 is 66.8 Å². The fraction of sp³-hybridized carbons (Fsp3) is 0.456. The van der Waals surface area contributed by atoms with Crippen molar-refractivity contribution in [1.82, 2.24) is 42.5 Å². The van der Waals surface area contributed by atoms with Crippen LogP contribution in [0.1, 0.15) is 188 Å². The second-order valence-electron chi connectivity index (χ2n) is 30.2. The summed E-state index contributed by atoms with van der Waals surface area (Å²) in [5.74, 6) is 2.94. The number of aryl methyl sites for hydroxylation is 12. The maximum absolute atomic E-state index is 11.0. The van der Waals surface area contributed by atoms with Crippen LogP contribution >= 0.6 is 0 Å². The highest BCUT2D eigenvalue weighted by Crippen LogP contribution is 2.17. The van der Waals surface area contributed by atoms with Crippen LogP contribution in [0.15, 0.2) is 194 Å². The second kappa shape index (κ2) is 74.2. The first-order valence-corrected chi connectivity index (χ1v) is 44.0. The summed E-state index contributed by atoms with van der Waals surface area (Å²) in [5.41, 5.74) is 16.6. The van der Waals surface area contributed by atoms with Crippen molar-refractivity contribution in [2.45, 2.75) is 203 Å². The minimum atomic E-state index is -0.124. The second-order valence-corrected chi connectivity index (χ2v) is 30.2. The lowest BCUT2D eigenvalue weighted by molar-refractivity contribution is -0.125. The fourth-order valence-electron chi connectivity index (χ4n) is 11.0. The van der Waals surface area contributed by atoms with Gasteiger partial charge in [-0.15, -0.1) is 0 Å². The molecule has 125 heavy (non-hydrogen) atoms. The molecule has 0 aliphatic heterocycles. The maximum atomic E-state index is 11.0. The summed E-state index contributed by atoms with van der Waals surface area (Å²) < 4.78 is 32.3. The third-order valence-electron chi connectivity index (χ3n) is 19.1. The van der Waals surface area contributed by atoms with E-state index in [1.807, 2.05) is 86.6 Å². The van der Waals surface area contributed by atoms with E-state index in [-0.39, 0.29) is 60.5 Å². The van der Waals surface area contributed by atoms with Crippen molar-refractivity contribution in [3.63, 3.8) is 0 Å². The minimum Gasteiger partial charge on any atom is -0.494 e. The molecule has 8 aromatic carbocycles. The molecule has 0 aromatic heterocycles. The largest absolute Gasteiger partial charge is 0.494 e. The van der Waals surface area contributed by atoms with Gasteiger partial charge in [-0.05, 0) is 216 Å². The molecule has 0 radical (unpaired) electrons. The van der Waals surface area contributed by atoms with Crippen molar-refractivity contribution in [2.24, 2.45) is 0 Å². The Kier molecular flexibility index (Phi) is 66.4. The van der Waals surface area contributed by atoms with Gasteiger partial charge in [0.15, 0.2) is 6.61 Å². The van der Waals surface area contributed by atoms with Gasteiger partial charge in [0.05, 0.1) is 39.6 Å². The van der Waals surface area contributed by atoms with E-state index in [0.29, 0.717) is 83.9 Å². The van der Waals surface area contributed by atoms with Crippen LogP contribution in [0.3, 0.4) is 0 Å². The Morgan fingerprint density at radius 2 is 0.448 bits per heavy atom. The van der Waals surface area contributed by atoms with E-state index in [2.05, 4.69) is 205 Å². The number of unbranched alkanes of at least 4 members (excludes halogenated alkanes) is 6. The summed E-state index contributed by atoms with van der Waals surface area (Å²) in [4.78, 5) is 87.3. The number of rotatable bonds is 45. The van der Waals surface area contributed by atoms with Crippen LogP contribution in [-0.4, -0.2) is 156 Å². The zero-order valence-corrected chi connectivity index (χ0v) is 78.1. The molecule has 8 aromatic rings. The summed E-state index contributed by atoms with van der Waals surface area (Å²) in [6, 6.07) is 66.1. The Labute approximate surface area is 748 Å². The predicted octanol–water partition coefficient (Wildman–Crippen LogP) is 16.8. The van der Waals surface area contributed by atoms with Crippen LogP contribution in [0.2, 0.25) is 0 Å². The highest BCUT2D eigenvalue weighted by atomic mass is 16.5. The van der Waals surface area contributed by atoms with Crippen molar-refractivity contribution >= 4 is 47.3 Å². The van der Waals surface area contributed by atoms with Gasteiger partial charge in [-0.25, -0.2) is 0 Å². The molecule has 0 heterocycles. The molecule has 0 saturated carbocycles. The highest BCUT2D eigenvalue weighted by molar-refractivity contribution is 5.78. The van der Waals surface area contributed by atoms with E-state index in [9.17, 15) is 38.4 Å². The lowest BCUT2D eigenvalue weighted by Crippen LogP contribution is -2.24. The molecule has 0 saturated heterocycles. The topological polar surface area (TPSA) is 288 Å². The first-order valence-electron chi connectivity index (χ1n) is 44.0. The van der Waals surface area contributed by atoms with E-state index in [0.717, 1.165) is 120 Å². The molecule has 22 heteroatoms. The first-order chi connectivity index (χ1) is 60.3. The van der Waals surface area contributed by atoms with E-state index in [1.165, 1.54) is 73.2 Å². The van der Waals surface area contributed by atoms with Crippen LogP contribution in [-0.2, 0) is 84.9 Å². The molecule has 0 aliphatic carbocycles. The summed E-state index contributed by atoms with van der Waals surface area (Å²) in [7, 11) is 13.2. The number of hydrogen-bond donors (Lipinski definition) is 8. The van der Waals surface area contributed by atoms with Crippen LogP contribution in [0.5, 0.6) is 17.2 Å². The molecule has 686 valence electrons. The van der Waals surface area contributed by atoms with Gasteiger partial charge in [0.25, 0.3) is 5.91 Å². The number of likely N-dealkylation sites (N-methyl/N-ethyl adjacent to an activating group) is 2. The number of nitrogens with one attached hydrogen (secondary N) is 8. The van der Waals surface area contributed by atoms with Crippen LogP contribution in [0.25, 0.3) is 0 Å². The molecule has 0 spiro atoms. The lowest BCUT2D eigenvalue weighted by Gasteiger charge is -2.06. The molecule has 0 aliphatic rings. The smallest absolute Gasteiger partial charge is 0.257 e.